The number of nitrogens with two attached hydrogens (primary N) is 1. The summed E-state index contributed by atoms with van der Waals surface area (Å²) in [5, 5.41) is 0. The van der Waals surface area contributed by atoms with Crippen LogP contribution in [0.4, 0.5) is 0 Å². The highest BCUT2D eigenvalue weighted by molar-refractivity contribution is 5.85. The smallest absolute Gasteiger partial charge is 0.119 e. The average Bonchev–Trinajstić information content (AvgIpc) is 2.86. The molecule has 0 bridgehead atoms. The highest BCUT2D eigenvalue weighted by atomic mass is 35.5. The lowest BCUT2D eigenvalue weighted by Gasteiger charge is -2.33. The van der Waals surface area contributed by atoms with Gasteiger partial charge in [-0.05, 0) is 40.5 Å². The highest BCUT2D eigenvalue weighted by Gasteiger charge is 2.27. The maximum atomic E-state index is 5.87. The first-order valence-electron chi connectivity index (χ1n) is 13.8. The normalized spacial score (nSPS) is 11.4. The Hall–Kier alpha value is -2.08. The summed E-state index contributed by atoms with van der Waals surface area (Å²) in [4.78, 5) is 0. The molecule has 6 heteroatoms. The van der Waals surface area contributed by atoms with E-state index in [4.69, 9.17) is 15.2 Å². The predicted molar refractivity (Wildman–Crippen MR) is 169 cm³/mol. The number of hydrogen-bond donors (Lipinski definition) is 1. The molecule has 2 N–H and O–H groups in total. The molecule has 0 aromatic heterocycles. The Kier molecular flexibility index (Phi) is 17.4. The largest absolute Gasteiger partial charge is 1.00 e. The van der Waals surface area contributed by atoms with Crippen molar-refractivity contribution in [3.63, 3.8) is 0 Å². The van der Waals surface area contributed by atoms with Gasteiger partial charge in [0.2, 0.25) is 0 Å². The molecule has 0 spiro atoms. The van der Waals surface area contributed by atoms with E-state index in [-0.39, 0.29) is 30.2 Å². The van der Waals surface area contributed by atoms with Crippen LogP contribution in [0.1, 0.15) is 57.7 Å². The minimum atomic E-state index is 0. The third kappa shape index (κ3) is 15.6. The summed E-state index contributed by atoms with van der Waals surface area (Å²) >= 11 is 0. The van der Waals surface area contributed by atoms with Crippen molar-refractivity contribution in [2.75, 3.05) is 40.5 Å². The van der Waals surface area contributed by atoms with E-state index in [9.17, 15) is 0 Å². The molecule has 0 atom stereocenters. The van der Waals surface area contributed by atoms with Gasteiger partial charge in [0.1, 0.15) is 25.4 Å². The van der Waals surface area contributed by atoms with Crippen LogP contribution in [0.2, 0.25) is 0 Å². The quantitative estimate of drug-likeness (QED) is 0.247. The number of quaternary nitrogens is 1. The molecular weight excluding hydrogens is 539 g/mol. The summed E-state index contributed by atoms with van der Waals surface area (Å²) in [7, 11) is 4.49. The summed E-state index contributed by atoms with van der Waals surface area (Å²) in [6, 6.07) is 29.2. The number of likely N-dealkylation sites (N-methyl/N-ethyl adjacent to an activating group) is 1. The third-order valence-electron chi connectivity index (χ3n) is 6.48. The molecule has 0 fully saturated rings. The molecule has 0 amide bonds. The first-order chi connectivity index (χ1) is 17.9. The van der Waals surface area contributed by atoms with E-state index in [0.29, 0.717) is 25.2 Å². The minimum Gasteiger partial charge on any atom is -1.00 e. The van der Waals surface area contributed by atoms with E-state index in [1.165, 1.54) is 16.7 Å². The van der Waals surface area contributed by atoms with Crippen LogP contribution in [-0.2, 0) is 23.2 Å². The Morgan fingerprint density at radius 2 is 1.23 bits per heavy atom. The first-order valence-corrected chi connectivity index (χ1v) is 13.8. The van der Waals surface area contributed by atoms with Crippen LogP contribution < -0.4 is 22.9 Å². The second-order valence-electron chi connectivity index (χ2n) is 12.6. The molecule has 3 aromatic carbocycles. The fourth-order valence-corrected chi connectivity index (χ4v) is 4.83. The molecule has 224 valence electrons. The molecule has 0 unspecified atom stereocenters. The van der Waals surface area contributed by atoms with Gasteiger partial charge in [-0.1, -0.05) is 107 Å². The van der Waals surface area contributed by atoms with Crippen molar-refractivity contribution in [2.24, 2.45) is 11.1 Å². The van der Waals surface area contributed by atoms with Gasteiger partial charge in [-0.3, -0.25) is 0 Å². The van der Waals surface area contributed by atoms with Crippen LogP contribution in [0.25, 0.3) is 0 Å². The summed E-state index contributed by atoms with van der Waals surface area (Å²) in [6.45, 7) is 16.1. The molecule has 3 rings (SSSR count). The third-order valence-corrected chi connectivity index (χ3v) is 6.48. The molecule has 0 aliphatic carbocycles. The minimum absolute atomic E-state index is 0. The van der Waals surface area contributed by atoms with Crippen molar-refractivity contribution in [1.29, 1.82) is 0 Å². The summed E-state index contributed by atoms with van der Waals surface area (Å²) in [6.07, 6.45) is 1.15. The van der Waals surface area contributed by atoms with Gasteiger partial charge in [0.15, 0.2) is 0 Å². The maximum absolute atomic E-state index is 5.87. The van der Waals surface area contributed by atoms with E-state index < -0.39 is 0 Å². The van der Waals surface area contributed by atoms with Crippen molar-refractivity contribution in [3.05, 3.63) is 102 Å². The number of ether oxygens (including phenoxy) is 2. The molecule has 0 heterocycles. The Labute approximate surface area is 256 Å². The molecule has 0 aliphatic rings. The van der Waals surface area contributed by atoms with E-state index in [0.717, 1.165) is 36.3 Å². The first kappa shape index (κ1) is 37.9. The molecule has 4 nitrogen and oxygen atoms in total. The van der Waals surface area contributed by atoms with Crippen LogP contribution in [0.15, 0.2) is 84.9 Å². The zero-order valence-corrected chi connectivity index (χ0v) is 27.2. The average molecular weight is 592 g/mol. The lowest BCUT2D eigenvalue weighted by Crippen LogP contribution is -3.00. The van der Waals surface area contributed by atoms with Gasteiger partial charge in [-0.15, -0.1) is 12.4 Å². The molecule has 40 heavy (non-hydrogen) atoms. The number of hydrogen-bond acceptors (Lipinski definition) is 3. The SMILES string of the molecule is CC(C)(C)CC(C)(C)c1ccc(OCCOCC[N+](C)(C)Cc2ccccc2)cc1.Cl.NCc1ccccc1.[Cl-]. The maximum Gasteiger partial charge on any atom is 0.119 e. The Morgan fingerprint density at radius 1 is 0.700 bits per heavy atom. The predicted octanol–water partition coefficient (Wildman–Crippen LogP) is 4.64. The van der Waals surface area contributed by atoms with E-state index >= 15 is 0 Å². The molecule has 0 saturated heterocycles. The number of benzene rings is 3. The lowest BCUT2D eigenvalue weighted by atomic mass is 9.72. The zero-order valence-electron chi connectivity index (χ0n) is 25.7. The van der Waals surface area contributed by atoms with Gasteiger partial charge in [-0.2, -0.15) is 0 Å². The van der Waals surface area contributed by atoms with Gasteiger partial charge in [0.25, 0.3) is 0 Å². The fourth-order valence-electron chi connectivity index (χ4n) is 4.83. The molecular formula is C34H52Cl2N2O2. The molecule has 0 radical (unpaired) electrons. The van der Waals surface area contributed by atoms with Gasteiger partial charge >= 0.3 is 0 Å². The van der Waals surface area contributed by atoms with Crippen molar-refractivity contribution >= 4 is 12.4 Å². The number of rotatable bonds is 12. The Morgan fingerprint density at radius 3 is 1.70 bits per heavy atom. The molecule has 0 aliphatic heterocycles. The van der Waals surface area contributed by atoms with E-state index in [2.05, 4.69) is 103 Å². The topological polar surface area (TPSA) is 44.5 Å². The van der Waals surface area contributed by atoms with Crippen molar-refractivity contribution in [2.45, 2.75) is 59.5 Å². The Bertz CT molecular complexity index is 1040. The van der Waals surface area contributed by atoms with Crippen molar-refractivity contribution < 1.29 is 26.4 Å². The highest BCUT2D eigenvalue weighted by Crippen LogP contribution is 2.36. The van der Waals surface area contributed by atoms with Crippen LogP contribution in [0.3, 0.4) is 0 Å². The zero-order chi connectivity index (χ0) is 28.1. The van der Waals surface area contributed by atoms with Crippen LogP contribution in [-0.4, -0.2) is 44.9 Å². The summed E-state index contributed by atoms with van der Waals surface area (Å²) in [5.41, 5.74) is 9.73. The molecule has 0 saturated carbocycles. The Balaban J connectivity index is 0.00000131. The van der Waals surface area contributed by atoms with E-state index in [1.54, 1.807) is 0 Å². The van der Waals surface area contributed by atoms with Crippen LogP contribution in [0, 0.1) is 5.41 Å². The second-order valence-corrected chi connectivity index (χ2v) is 12.6. The van der Waals surface area contributed by atoms with E-state index in [1.807, 2.05) is 30.3 Å². The monoisotopic (exact) mass is 590 g/mol. The van der Waals surface area contributed by atoms with Gasteiger partial charge < -0.3 is 32.1 Å². The van der Waals surface area contributed by atoms with Crippen LogP contribution >= 0.6 is 12.4 Å². The van der Waals surface area contributed by atoms with Gasteiger partial charge in [-0.25, -0.2) is 0 Å². The van der Waals surface area contributed by atoms with Gasteiger partial charge in [0, 0.05) is 12.1 Å². The number of halogens is 2. The van der Waals surface area contributed by atoms with Crippen molar-refractivity contribution in [1.82, 2.24) is 0 Å². The number of nitrogens with zero attached hydrogens (tertiary/aromatic N) is 1. The van der Waals surface area contributed by atoms with Crippen LogP contribution in [0.5, 0.6) is 5.75 Å². The summed E-state index contributed by atoms with van der Waals surface area (Å²) < 4.78 is 12.6. The van der Waals surface area contributed by atoms with Gasteiger partial charge in [0.05, 0.1) is 27.3 Å². The lowest BCUT2D eigenvalue weighted by molar-refractivity contribution is -0.904. The standard InChI is InChI=1S/C27H42NO2.C7H9N.2ClH/c1-26(2,3)22-27(4,5)24-13-15-25(16-14-24)30-20-19-29-18-17-28(6,7)21-23-11-9-8-10-12-23;8-6-7-4-2-1-3-5-7;;/h8-16H,17-22H2,1-7H3;1-5H,6,8H2;2*1H/q+1;;;/p-1. The summed E-state index contributed by atoms with van der Waals surface area (Å²) in [5.74, 6) is 0.911. The molecule has 3 aromatic rings. The van der Waals surface area contributed by atoms with Crippen molar-refractivity contribution in [3.8, 4) is 5.75 Å². The fraction of sp³-hybridized carbons (Fsp3) is 0.471. The second kappa shape index (κ2) is 18.4.